The molecule has 1 aromatic carbocycles. The zero-order chi connectivity index (χ0) is 18.4. The molecule has 1 aliphatic carbocycles. The lowest BCUT2D eigenvalue weighted by atomic mass is 10.0. The van der Waals surface area contributed by atoms with Crippen molar-refractivity contribution in [2.45, 2.75) is 12.8 Å². The molecule has 2 unspecified atom stereocenters. The van der Waals surface area contributed by atoms with Gasteiger partial charge in [-0.3, -0.25) is 4.79 Å². The first kappa shape index (κ1) is 15.9. The number of aromatic nitrogens is 4. The third-order valence-electron chi connectivity index (χ3n) is 5.38. The highest BCUT2D eigenvalue weighted by Gasteiger charge is 2.42. The maximum atomic E-state index is 12.0. The lowest BCUT2D eigenvalue weighted by Gasteiger charge is -2.18. The number of carbonyl (C=O) groups is 1. The molecule has 2 N–H and O–H groups in total. The normalized spacial score (nSPS) is 21.6. The lowest BCUT2D eigenvalue weighted by Crippen LogP contribution is -2.24. The first-order valence-corrected chi connectivity index (χ1v) is 8.98. The molecule has 2 atom stereocenters. The van der Waals surface area contributed by atoms with Gasteiger partial charge in [-0.2, -0.15) is 0 Å². The van der Waals surface area contributed by atoms with Gasteiger partial charge in [0.1, 0.15) is 11.6 Å². The molecule has 2 aromatic heterocycles. The van der Waals surface area contributed by atoms with Crippen molar-refractivity contribution < 1.29 is 9.21 Å². The van der Waals surface area contributed by atoms with Gasteiger partial charge < -0.3 is 15.1 Å². The Morgan fingerprint density at radius 3 is 2.74 bits per heavy atom. The summed E-state index contributed by atoms with van der Waals surface area (Å²) in [6, 6.07) is 9.51. The maximum absolute atomic E-state index is 12.0. The maximum Gasteiger partial charge on any atom is 0.270 e. The van der Waals surface area contributed by atoms with Gasteiger partial charge in [0.15, 0.2) is 11.5 Å². The van der Waals surface area contributed by atoms with Crippen LogP contribution in [0.2, 0.25) is 0 Å². The molecule has 1 saturated heterocycles. The van der Waals surface area contributed by atoms with Gasteiger partial charge in [0.2, 0.25) is 5.89 Å². The zero-order valence-corrected chi connectivity index (χ0v) is 14.6. The molecule has 8 nitrogen and oxygen atoms in total. The Hall–Kier alpha value is -3.29. The third kappa shape index (κ3) is 2.73. The lowest BCUT2D eigenvalue weighted by molar-refractivity contribution is -0.120. The van der Waals surface area contributed by atoms with Gasteiger partial charge >= 0.3 is 0 Å². The number of benzene rings is 1. The molecule has 8 heteroatoms. The minimum absolute atomic E-state index is 0.112. The molecule has 3 heterocycles. The number of Topliss-reactive ketones (excluding diaryl/α,β-unsaturated/α-hetero) is 1. The summed E-state index contributed by atoms with van der Waals surface area (Å²) in [5.41, 5.74) is 7.20. The van der Waals surface area contributed by atoms with Crippen LogP contribution < -0.4 is 10.6 Å². The van der Waals surface area contributed by atoms with E-state index in [1.165, 1.54) is 0 Å². The van der Waals surface area contributed by atoms with E-state index in [-0.39, 0.29) is 17.6 Å². The Balaban J connectivity index is 1.45. The van der Waals surface area contributed by atoms with Crippen molar-refractivity contribution in [1.82, 2.24) is 20.2 Å². The molecule has 1 saturated carbocycles. The Morgan fingerprint density at radius 1 is 1.11 bits per heavy atom. The van der Waals surface area contributed by atoms with E-state index in [9.17, 15) is 4.79 Å². The van der Waals surface area contributed by atoms with Crippen LogP contribution in [-0.2, 0) is 4.79 Å². The van der Waals surface area contributed by atoms with Crippen LogP contribution in [0, 0.1) is 11.8 Å². The second-order valence-electron chi connectivity index (χ2n) is 7.02. The Morgan fingerprint density at radius 2 is 1.93 bits per heavy atom. The minimum Gasteiger partial charge on any atom is -0.414 e. The van der Waals surface area contributed by atoms with Crippen molar-refractivity contribution in [3.05, 3.63) is 36.5 Å². The average Bonchev–Trinajstić information content (AvgIpc) is 3.41. The third-order valence-corrected chi connectivity index (χ3v) is 5.38. The largest absolute Gasteiger partial charge is 0.414 e. The second-order valence-corrected chi connectivity index (χ2v) is 7.02. The van der Waals surface area contributed by atoms with Crippen LogP contribution in [0.5, 0.6) is 0 Å². The summed E-state index contributed by atoms with van der Waals surface area (Å²) in [4.78, 5) is 23.0. The number of fused-ring (bicyclic) bond motifs is 1. The fourth-order valence-corrected chi connectivity index (χ4v) is 3.94. The highest BCUT2D eigenvalue weighted by Crippen LogP contribution is 2.37. The second kappa shape index (κ2) is 6.15. The van der Waals surface area contributed by atoms with E-state index >= 15 is 0 Å². The average molecular weight is 362 g/mol. The number of hydrogen-bond donors (Lipinski definition) is 1. The van der Waals surface area contributed by atoms with E-state index in [4.69, 9.17) is 10.2 Å². The summed E-state index contributed by atoms with van der Waals surface area (Å²) in [6.45, 7) is 1.49. The molecule has 0 spiro atoms. The number of nitrogens with two attached hydrogens (primary N) is 1. The van der Waals surface area contributed by atoms with Crippen LogP contribution in [0.15, 0.2) is 40.9 Å². The predicted molar refractivity (Wildman–Crippen MR) is 98.6 cm³/mol. The monoisotopic (exact) mass is 362 g/mol. The van der Waals surface area contributed by atoms with Crippen molar-refractivity contribution >= 4 is 17.4 Å². The van der Waals surface area contributed by atoms with Gasteiger partial charge in [-0.15, -0.1) is 10.2 Å². The molecule has 3 aromatic rings. The van der Waals surface area contributed by atoms with Crippen LogP contribution >= 0.6 is 0 Å². The van der Waals surface area contributed by atoms with Gasteiger partial charge in [-0.05, 0) is 24.5 Å². The molecular weight excluding hydrogens is 344 g/mol. The number of rotatable bonds is 3. The summed E-state index contributed by atoms with van der Waals surface area (Å²) < 4.78 is 5.77. The van der Waals surface area contributed by atoms with E-state index in [1.807, 2.05) is 30.3 Å². The van der Waals surface area contributed by atoms with Gasteiger partial charge in [-0.1, -0.05) is 18.2 Å². The molecule has 0 bridgehead atoms. The van der Waals surface area contributed by atoms with E-state index in [0.717, 1.165) is 18.5 Å². The van der Waals surface area contributed by atoms with Crippen molar-refractivity contribution in [1.29, 1.82) is 0 Å². The van der Waals surface area contributed by atoms with Gasteiger partial charge in [0, 0.05) is 31.0 Å². The molecule has 5 rings (SSSR count). The van der Waals surface area contributed by atoms with Crippen LogP contribution in [-0.4, -0.2) is 39.0 Å². The smallest absolute Gasteiger partial charge is 0.270 e. The molecule has 2 fully saturated rings. The summed E-state index contributed by atoms with van der Waals surface area (Å²) in [5.74, 6) is 2.43. The number of hydrogen-bond acceptors (Lipinski definition) is 8. The van der Waals surface area contributed by atoms with Gasteiger partial charge in [0.25, 0.3) is 5.89 Å². The molecule has 27 heavy (non-hydrogen) atoms. The van der Waals surface area contributed by atoms with E-state index in [0.29, 0.717) is 42.1 Å². The molecule has 0 amide bonds. The van der Waals surface area contributed by atoms with Gasteiger partial charge in [-0.25, -0.2) is 9.97 Å². The molecule has 0 radical (unpaired) electrons. The van der Waals surface area contributed by atoms with Crippen molar-refractivity contribution in [2.75, 3.05) is 23.7 Å². The highest BCUT2D eigenvalue weighted by atomic mass is 16.4. The Bertz CT molecular complexity index is 1000. The molecule has 136 valence electrons. The van der Waals surface area contributed by atoms with Crippen molar-refractivity contribution in [2.24, 2.45) is 11.8 Å². The van der Waals surface area contributed by atoms with E-state index < -0.39 is 0 Å². The summed E-state index contributed by atoms with van der Waals surface area (Å²) in [6.07, 6.45) is 3.30. The van der Waals surface area contributed by atoms with Crippen molar-refractivity contribution in [3.8, 4) is 23.0 Å². The SMILES string of the molecule is Nc1ncc(N2CC3CCC(=O)C3C2)nc1-c1nnc(-c2ccccc2)o1. The van der Waals surface area contributed by atoms with Crippen molar-refractivity contribution in [3.63, 3.8) is 0 Å². The number of anilines is 2. The molecule has 2 aliphatic rings. The summed E-state index contributed by atoms with van der Waals surface area (Å²) in [5, 5.41) is 8.18. The summed E-state index contributed by atoms with van der Waals surface area (Å²) in [7, 11) is 0. The number of carbonyl (C=O) groups excluding carboxylic acids is 1. The minimum atomic E-state index is 0.112. The number of nitrogens with zero attached hydrogens (tertiary/aromatic N) is 5. The summed E-state index contributed by atoms with van der Waals surface area (Å²) >= 11 is 0. The highest BCUT2D eigenvalue weighted by molar-refractivity contribution is 5.85. The fourth-order valence-electron chi connectivity index (χ4n) is 3.94. The Labute approximate surface area is 155 Å². The predicted octanol–water partition coefficient (Wildman–Crippen LogP) is 2.19. The standard InChI is InChI=1S/C19H18N6O2/c20-17-16(19-24-23-18(27-19)11-4-2-1-3-5-11)22-15(8-21-17)25-9-12-6-7-14(26)13(12)10-25/h1-5,8,12-13H,6-7,9-10H2,(H2,20,21). The Kier molecular flexibility index (Phi) is 3.63. The first-order valence-electron chi connectivity index (χ1n) is 8.98. The number of nitrogen functional groups attached to an aromatic ring is 1. The van der Waals surface area contributed by atoms with Crippen LogP contribution in [0.1, 0.15) is 12.8 Å². The fraction of sp³-hybridized carbons (Fsp3) is 0.316. The van der Waals surface area contributed by atoms with E-state index in [2.05, 4.69) is 25.1 Å². The van der Waals surface area contributed by atoms with Crippen LogP contribution in [0.25, 0.3) is 23.0 Å². The quantitative estimate of drug-likeness (QED) is 0.755. The molecular formula is C19H18N6O2. The van der Waals surface area contributed by atoms with Gasteiger partial charge in [0.05, 0.1) is 6.20 Å². The topological polar surface area (TPSA) is 111 Å². The van der Waals surface area contributed by atoms with Crippen LogP contribution in [0.3, 0.4) is 0 Å². The van der Waals surface area contributed by atoms with Crippen LogP contribution in [0.4, 0.5) is 11.6 Å². The van der Waals surface area contributed by atoms with E-state index in [1.54, 1.807) is 6.20 Å². The first-order chi connectivity index (χ1) is 13.2. The zero-order valence-electron chi connectivity index (χ0n) is 14.6. The molecule has 1 aliphatic heterocycles. The number of ketones is 1.